The monoisotopic (exact) mass is 364 g/mol. The van der Waals surface area contributed by atoms with Gasteiger partial charge in [0, 0.05) is 0 Å². The Bertz CT molecular complexity index is 380. The first-order valence-corrected chi connectivity index (χ1v) is 11.6. The second-order valence-electron chi connectivity index (χ2n) is 7.97. The molecule has 5 heteroatoms. The molecule has 0 bridgehead atoms. The molecule has 0 spiro atoms. The van der Waals surface area contributed by atoms with Crippen molar-refractivity contribution in [2.24, 2.45) is 0 Å². The van der Waals surface area contributed by atoms with E-state index in [4.69, 9.17) is 4.55 Å². The normalized spacial score (nSPS) is 12.7. The Balaban J connectivity index is 3.31. The fourth-order valence-electron chi connectivity index (χ4n) is 3.24. The third-order valence-electron chi connectivity index (χ3n) is 4.63. The number of rotatable bonds is 17. The van der Waals surface area contributed by atoms with Gasteiger partial charge in [0.25, 0.3) is 0 Å². The number of unbranched alkanes of at least 4 members (excludes halogenated alkanes) is 13. The maximum atomic E-state index is 10.9. The van der Waals surface area contributed by atoms with E-state index in [9.17, 15) is 8.42 Å². The molecule has 0 radical (unpaired) electrons. The van der Waals surface area contributed by atoms with Crippen molar-refractivity contribution >= 4 is 10.1 Å². The summed E-state index contributed by atoms with van der Waals surface area (Å²) in [5.41, 5.74) is 0. The lowest BCUT2D eigenvalue weighted by atomic mass is 10.0. The first kappa shape index (κ1) is 23.9. The topological polar surface area (TPSA) is 54.4 Å². The van der Waals surface area contributed by atoms with E-state index in [1.165, 1.54) is 77.0 Å². The Hall–Kier alpha value is -0.130. The lowest BCUT2D eigenvalue weighted by molar-refractivity contribution is -0.879. The lowest BCUT2D eigenvalue weighted by Gasteiger charge is -2.27. The fourth-order valence-corrected chi connectivity index (χ4v) is 4.25. The van der Waals surface area contributed by atoms with Crippen LogP contribution in [0.5, 0.6) is 0 Å². The molecule has 1 N–H and O–H groups in total. The summed E-state index contributed by atoms with van der Waals surface area (Å²) in [6.07, 6.45) is 18.6. The summed E-state index contributed by atoms with van der Waals surface area (Å²) in [5.74, 6) is -0.189. The molecule has 0 atom stereocenters. The highest BCUT2D eigenvalue weighted by Gasteiger charge is 2.22. The van der Waals surface area contributed by atoms with Crippen LogP contribution in [0.1, 0.15) is 96.8 Å². The van der Waals surface area contributed by atoms with Crippen LogP contribution in [0.4, 0.5) is 0 Å². The molecule has 0 heterocycles. The molecule has 0 aromatic rings. The fraction of sp³-hybridized carbons (Fsp3) is 1.00. The Morgan fingerprint density at radius 2 is 1.00 bits per heavy atom. The number of quaternary nitrogens is 1. The zero-order chi connectivity index (χ0) is 18.3. The molecule has 0 aliphatic carbocycles. The number of hydrogen-bond donors (Lipinski definition) is 1. The molecule has 0 aromatic heterocycles. The van der Waals surface area contributed by atoms with Crippen LogP contribution < -0.4 is 0 Å². The van der Waals surface area contributed by atoms with Gasteiger partial charge in [0.05, 0.1) is 20.6 Å². The average molecular weight is 365 g/mol. The lowest BCUT2D eigenvalue weighted by Crippen LogP contribution is -2.44. The van der Waals surface area contributed by atoms with Gasteiger partial charge >= 0.3 is 10.1 Å². The van der Waals surface area contributed by atoms with E-state index in [1.807, 2.05) is 14.1 Å². The second kappa shape index (κ2) is 14.1. The Morgan fingerprint density at radius 3 is 1.33 bits per heavy atom. The summed E-state index contributed by atoms with van der Waals surface area (Å²) in [7, 11) is -0.165. The van der Waals surface area contributed by atoms with Gasteiger partial charge in [-0.2, -0.15) is 8.42 Å². The maximum Gasteiger partial charge on any atom is 0.316 e. The Kier molecular flexibility index (Phi) is 14.0. The first-order valence-electron chi connectivity index (χ1n) is 10.0. The molecule has 0 rings (SSSR count). The van der Waals surface area contributed by atoms with Crippen LogP contribution in [-0.4, -0.2) is 44.0 Å². The van der Waals surface area contributed by atoms with Crippen molar-refractivity contribution in [1.29, 1.82) is 0 Å². The summed E-state index contributed by atoms with van der Waals surface area (Å²) in [6, 6.07) is 0. The highest BCUT2D eigenvalue weighted by atomic mass is 32.2. The highest BCUT2D eigenvalue weighted by molar-refractivity contribution is 7.85. The number of hydrogen-bond acceptors (Lipinski definition) is 2. The van der Waals surface area contributed by atoms with Gasteiger partial charge < -0.3 is 4.48 Å². The van der Waals surface area contributed by atoms with E-state index >= 15 is 0 Å². The predicted octanol–water partition coefficient (Wildman–Crippen LogP) is 5.39. The second-order valence-corrected chi connectivity index (χ2v) is 9.39. The Morgan fingerprint density at radius 1 is 0.667 bits per heavy atom. The van der Waals surface area contributed by atoms with E-state index in [0.717, 1.165) is 19.4 Å². The van der Waals surface area contributed by atoms with Crippen LogP contribution in [0.15, 0.2) is 0 Å². The summed E-state index contributed by atoms with van der Waals surface area (Å²) >= 11 is 0. The highest BCUT2D eigenvalue weighted by Crippen LogP contribution is 2.13. The molecule has 0 aromatic carbocycles. The quantitative estimate of drug-likeness (QED) is 0.214. The van der Waals surface area contributed by atoms with Gasteiger partial charge in [-0.1, -0.05) is 84.0 Å². The van der Waals surface area contributed by atoms with Crippen LogP contribution in [0.2, 0.25) is 0 Å². The minimum Gasteiger partial charge on any atom is -0.314 e. The van der Waals surface area contributed by atoms with Crippen LogP contribution in [-0.2, 0) is 10.1 Å². The average Bonchev–Trinajstić information content (AvgIpc) is 2.45. The largest absolute Gasteiger partial charge is 0.316 e. The number of nitrogens with zero attached hydrogens (tertiary/aromatic N) is 1. The van der Waals surface area contributed by atoms with Crippen molar-refractivity contribution in [2.75, 3.05) is 26.5 Å². The van der Waals surface area contributed by atoms with Gasteiger partial charge in [-0.25, -0.2) is 0 Å². The van der Waals surface area contributed by atoms with Crippen LogP contribution in [0, 0.1) is 0 Å². The van der Waals surface area contributed by atoms with E-state index in [-0.39, 0.29) is 5.88 Å². The van der Waals surface area contributed by atoms with Gasteiger partial charge in [-0.15, -0.1) is 0 Å². The zero-order valence-corrected chi connectivity index (χ0v) is 17.2. The molecule has 146 valence electrons. The van der Waals surface area contributed by atoms with E-state index < -0.39 is 10.1 Å². The molecule has 0 aliphatic heterocycles. The van der Waals surface area contributed by atoms with Gasteiger partial charge in [0.2, 0.25) is 5.88 Å². The predicted molar refractivity (Wildman–Crippen MR) is 104 cm³/mol. The molecular formula is C19H42NO3S+. The van der Waals surface area contributed by atoms with Gasteiger partial charge in [0.15, 0.2) is 0 Å². The molecule has 24 heavy (non-hydrogen) atoms. The van der Waals surface area contributed by atoms with E-state index in [1.54, 1.807) is 0 Å². The summed E-state index contributed by atoms with van der Waals surface area (Å²) in [5, 5.41) is 0. The molecule has 0 saturated heterocycles. The first-order chi connectivity index (χ1) is 11.3. The van der Waals surface area contributed by atoms with Gasteiger partial charge in [-0.3, -0.25) is 4.55 Å². The Labute approximate surface area is 151 Å². The third-order valence-corrected chi connectivity index (χ3v) is 5.65. The van der Waals surface area contributed by atoms with Gasteiger partial charge in [0.1, 0.15) is 0 Å². The van der Waals surface area contributed by atoms with E-state index in [2.05, 4.69) is 6.92 Å². The zero-order valence-electron chi connectivity index (χ0n) is 16.4. The summed E-state index contributed by atoms with van der Waals surface area (Å²) in [6.45, 7) is 3.07. The van der Waals surface area contributed by atoms with Crippen molar-refractivity contribution < 1.29 is 17.5 Å². The molecule has 0 fully saturated rings. The molecule has 0 saturated carbocycles. The molecule has 4 nitrogen and oxygen atoms in total. The summed E-state index contributed by atoms with van der Waals surface area (Å²) < 4.78 is 31.1. The van der Waals surface area contributed by atoms with Crippen molar-refractivity contribution in [1.82, 2.24) is 0 Å². The van der Waals surface area contributed by atoms with Crippen molar-refractivity contribution in [3.8, 4) is 0 Å². The summed E-state index contributed by atoms with van der Waals surface area (Å²) in [4.78, 5) is 0. The minimum atomic E-state index is -3.88. The molecule has 0 unspecified atom stereocenters. The molecule has 0 aliphatic rings. The van der Waals surface area contributed by atoms with Crippen LogP contribution >= 0.6 is 0 Å². The third kappa shape index (κ3) is 18.2. The van der Waals surface area contributed by atoms with Crippen LogP contribution in [0.3, 0.4) is 0 Å². The van der Waals surface area contributed by atoms with E-state index in [0.29, 0.717) is 4.48 Å². The van der Waals surface area contributed by atoms with Crippen molar-refractivity contribution in [2.45, 2.75) is 96.8 Å². The van der Waals surface area contributed by atoms with Crippen molar-refractivity contribution in [3.05, 3.63) is 0 Å². The standard InChI is InChI=1S/C19H41NO3S/c1-4-5-6-7-8-9-10-11-12-13-14-15-16-17-18-20(2,3)19-24(21,22)23/h4-19H2,1-3H3/p+1. The molecular weight excluding hydrogens is 322 g/mol. The van der Waals surface area contributed by atoms with Gasteiger partial charge in [-0.05, 0) is 12.8 Å². The SMILES string of the molecule is CCCCCCCCCCCCCCCC[N+](C)(C)CS(=O)(=O)O. The molecule has 0 amide bonds. The van der Waals surface area contributed by atoms with Crippen molar-refractivity contribution in [3.63, 3.8) is 0 Å². The van der Waals surface area contributed by atoms with Crippen LogP contribution in [0.25, 0.3) is 0 Å². The maximum absolute atomic E-state index is 10.9. The minimum absolute atomic E-state index is 0.189. The smallest absolute Gasteiger partial charge is 0.314 e.